The molecule has 0 aliphatic rings. The summed E-state index contributed by atoms with van der Waals surface area (Å²) in [4.78, 5) is 8.52. The van der Waals surface area contributed by atoms with Crippen molar-refractivity contribution in [3.05, 3.63) is 46.3 Å². The molecule has 2 aromatic heterocycles. The van der Waals surface area contributed by atoms with Crippen molar-refractivity contribution < 1.29 is 4.74 Å². The molecule has 5 nitrogen and oxygen atoms in total. The highest BCUT2D eigenvalue weighted by Gasteiger charge is 2.05. The number of ether oxygens (including phenoxy) is 1. The van der Waals surface area contributed by atoms with E-state index in [1.165, 1.54) is 5.56 Å². The fraction of sp³-hybridized carbons (Fsp3) is 0.375. The summed E-state index contributed by atoms with van der Waals surface area (Å²) in [6.07, 6.45) is 2.71. The monoisotopic (exact) mass is 446 g/mol. The van der Waals surface area contributed by atoms with E-state index in [2.05, 4.69) is 44.4 Å². The van der Waals surface area contributed by atoms with Gasteiger partial charge in [0.15, 0.2) is 5.96 Å². The molecule has 0 unspecified atom stereocenters. The van der Waals surface area contributed by atoms with E-state index in [9.17, 15) is 0 Å². The summed E-state index contributed by atoms with van der Waals surface area (Å²) in [7, 11) is 1.76. The Morgan fingerprint density at radius 3 is 2.83 bits per heavy atom. The molecule has 0 aliphatic carbocycles. The molecule has 0 saturated carbocycles. The Labute approximate surface area is 158 Å². The maximum absolute atomic E-state index is 5.66. The Bertz CT molecular complexity index is 590. The number of pyridine rings is 1. The van der Waals surface area contributed by atoms with E-state index in [4.69, 9.17) is 4.74 Å². The summed E-state index contributed by atoms with van der Waals surface area (Å²) >= 11 is 1.69. The second-order valence-electron chi connectivity index (χ2n) is 4.73. The predicted molar refractivity (Wildman–Crippen MR) is 107 cm³/mol. The molecule has 126 valence electrons. The summed E-state index contributed by atoms with van der Waals surface area (Å²) in [6.45, 7) is 4.14. The second kappa shape index (κ2) is 11.2. The molecule has 0 fully saturated rings. The molecule has 23 heavy (non-hydrogen) atoms. The van der Waals surface area contributed by atoms with Crippen LogP contribution in [0.1, 0.15) is 24.5 Å². The first kappa shape index (κ1) is 19.7. The van der Waals surface area contributed by atoms with E-state index in [0.29, 0.717) is 19.0 Å². The molecule has 0 saturated heterocycles. The van der Waals surface area contributed by atoms with Gasteiger partial charge in [0.25, 0.3) is 0 Å². The molecule has 0 atom stereocenters. The van der Waals surface area contributed by atoms with Crippen molar-refractivity contribution in [2.45, 2.75) is 26.4 Å². The smallest absolute Gasteiger partial charge is 0.218 e. The van der Waals surface area contributed by atoms with Crippen LogP contribution >= 0.6 is 35.3 Å². The molecule has 0 aliphatic heterocycles. The van der Waals surface area contributed by atoms with Crippen molar-refractivity contribution in [3.8, 4) is 5.88 Å². The standard InChI is InChI=1S/C16H22N4OS.HI/c1-3-8-21-15-14(5-4-7-18-15)11-20-16(17-2)19-10-13-6-9-22-12-13;/h4-7,9,12H,3,8,10-11H2,1-2H3,(H2,17,19,20);1H. The highest BCUT2D eigenvalue weighted by atomic mass is 127. The van der Waals surface area contributed by atoms with Crippen molar-refractivity contribution in [3.63, 3.8) is 0 Å². The Morgan fingerprint density at radius 2 is 2.13 bits per heavy atom. The highest BCUT2D eigenvalue weighted by molar-refractivity contribution is 14.0. The fourth-order valence-electron chi connectivity index (χ4n) is 1.87. The molecule has 2 N–H and O–H groups in total. The minimum Gasteiger partial charge on any atom is -0.477 e. The van der Waals surface area contributed by atoms with Gasteiger partial charge in [0, 0.05) is 31.9 Å². The molecular formula is C16H23IN4OS. The van der Waals surface area contributed by atoms with Gasteiger partial charge < -0.3 is 15.4 Å². The van der Waals surface area contributed by atoms with Gasteiger partial charge >= 0.3 is 0 Å². The topological polar surface area (TPSA) is 58.5 Å². The summed E-state index contributed by atoms with van der Waals surface area (Å²) in [5.74, 6) is 1.45. The first-order valence-electron chi connectivity index (χ1n) is 7.35. The van der Waals surface area contributed by atoms with E-state index in [0.717, 1.165) is 24.5 Å². The summed E-state index contributed by atoms with van der Waals surface area (Å²) in [5, 5.41) is 10.8. The third-order valence-corrected chi connectivity index (χ3v) is 3.73. The summed E-state index contributed by atoms with van der Waals surface area (Å²) in [5.41, 5.74) is 2.27. The lowest BCUT2D eigenvalue weighted by molar-refractivity contribution is 0.301. The molecule has 0 amide bonds. The van der Waals surface area contributed by atoms with Gasteiger partial charge in [-0.05, 0) is 34.9 Å². The average molecular weight is 446 g/mol. The molecule has 2 aromatic rings. The highest BCUT2D eigenvalue weighted by Crippen LogP contribution is 2.14. The number of hydrogen-bond donors (Lipinski definition) is 2. The number of rotatable bonds is 7. The number of hydrogen-bond acceptors (Lipinski definition) is 4. The maximum Gasteiger partial charge on any atom is 0.218 e. The molecule has 2 rings (SSSR count). The normalized spacial score (nSPS) is 10.8. The Hall–Kier alpha value is -1.35. The van der Waals surface area contributed by atoms with Crippen molar-refractivity contribution in [2.75, 3.05) is 13.7 Å². The Kier molecular flexibility index (Phi) is 9.61. The summed E-state index contributed by atoms with van der Waals surface area (Å²) in [6, 6.07) is 6.03. The zero-order valence-electron chi connectivity index (χ0n) is 13.4. The molecule has 7 heteroatoms. The zero-order chi connectivity index (χ0) is 15.6. The van der Waals surface area contributed by atoms with E-state index in [-0.39, 0.29) is 24.0 Å². The molecular weight excluding hydrogens is 423 g/mol. The minimum absolute atomic E-state index is 0. The SMILES string of the molecule is CCCOc1ncccc1CNC(=NC)NCc1ccsc1.I. The first-order chi connectivity index (χ1) is 10.8. The van der Waals surface area contributed by atoms with E-state index in [1.54, 1.807) is 24.6 Å². The van der Waals surface area contributed by atoms with Crippen LogP contribution in [0.15, 0.2) is 40.1 Å². The van der Waals surface area contributed by atoms with Crippen molar-refractivity contribution in [2.24, 2.45) is 4.99 Å². The van der Waals surface area contributed by atoms with Crippen molar-refractivity contribution >= 4 is 41.3 Å². The van der Waals surface area contributed by atoms with Crippen LogP contribution < -0.4 is 15.4 Å². The third-order valence-electron chi connectivity index (χ3n) is 3.00. The van der Waals surface area contributed by atoms with Crippen LogP contribution in [0.25, 0.3) is 0 Å². The molecule has 2 heterocycles. The van der Waals surface area contributed by atoms with Gasteiger partial charge in [-0.2, -0.15) is 11.3 Å². The van der Waals surface area contributed by atoms with Crippen LogP contribution in [0.4, 0.5) is 0 Å². The molecule has 0 bridgehead atoms. The third kappa shape index (κ3) is 6.74. The van der Waals surface area contributed by atoms with Crippen molar-refractivity contribution in [1.29, 1.82) is 0 Å². The van der Waals surface area contributed by atoms with Crippen LogP contribution in [-0.2, 0) is 13.1 Å². The second-order valence-corrected chi connectivity index (χ2v) is 5.51. The van der Waals surface area contributed by atoms with E-state index >= 15 is 0 Å². The quantitative estimate of drug-likeness (QED) is 0.389. The molecule has 0 radical (unpaired) electrons. The van der Waals surface area contributed by atoms with Crippen LogP contribution in [0.2, 0.25) is 0 Å². The van der Waals surface area contributed by atoms with Gasteiger partial charge in [0.2, 0.25) is 5.88 Å². The number of guanidine groups is 1. The maximum atomic E-state index is 5.66. The lowest BCUT2D eigenvalue weighted by atomic mass is 10.2. The van der Waals surface area contributed by atoms with E-state index < -0.39 is 0 Å². The van der Waals surface area contributed by atoms with Crippen LogP contribution in [0.5, 0.6) is 5.88 Å². The number of halogens is 1. The molecule has 0 spiro atoms. The number of nitrogens with zero attached hydrogens (tertiary/aromatic N) is 2. The lowest BCUT2D eigenvalue weighted by Gasteiger charge is -2.13. The first-order valence-corrected chi connectivity index (χ1v) is 8.30. The molecule has 0 aromatic carbocycles. The van der Waals surface area contributed by atoms with Crippen LogP contribution in [0, 0.1) is 0 Å². The van der Waals surface area contributed by atoms with Crippen LogP contribution in [-0.4, -0.2) is 24.6 Å². The number of thiophene rings is 1. The van der Waals surface area contributed by atoms with E-state index in [1.807, 2.05) is 12.1 Å². The van der Waals surface area contributed by atoms with Gasteiger partial charge in [0.1, 0.15) is 0 Å². The number of aliphatic imine (C=N–C) groups is 1. The Balaban J connectivity index is 0.00000264. The fourth-order valence-corrected chi connectivity index (χ4v) is 2.53. The average Bonchev–Trinajstić information content (AvgIpc) is 3.07. The largest absolute Gasteiger partial charge is 0.477 e. The predicted octanol–water partition coefficient (Wildman–Crippen LogP) is 3.42. The van der Waals surface area contributed by atoms with Crippen molar-refractivity contribution in [1.82, 2.24) is 15.6 Å². The van der Waals surface area contributed by atoms with Gasteiger partial charge in [-0.25, -0.2) is 4.98 Å². The number of aromatic nitrogens is 1. The van der Waals surface area contributed by atoms with Gasteiger partial charge in [-0.1, -0.05) is 13.0 Å². The number of nitrogens with one attached hydrogen (secondary N) is 2. The zero-order valence-corrected chi connectivity index (χ0v) is 16.6. The van der Waals surface area contributed by atoms with Gasteiger partial charge in [0.05, 0.1) is 6.61 Å². The van der Waals surface area contributed by atoms with Gasteiger partial charge in [-0.3, -0.25) is 4.99 Å². The van der Waals surface area contributed by atoms with Crippen LogP contribution in [0.3, 0.4) is 0 Å². The Morgan fingerprint density at radius 1 is 1.30 bits per heavy atom. The van der Waals surface area contributed by atoms with Gasteiger partial charge in [-0.15, -0.1) is 24.0 Å². The lowest BCUT2D eigenvalue weighted by Crippen LogP contribution is -2.36. The minimum atomic E-state index is 0. The summed E-state index contributed by atoms with van der Waals surface area (Å²) < 4.78 is 5.66.